The molecule has 1 aromatic carbocycles. The van der Waals surface area contributed by atoms with E-state index in [1.165, 1.54) is 25.7 Å². The van der Waals surface area contributed by atoms with Crippen LogP contribution in [0, 0.1) is 17.8 Å². The van der Waals surface area contributed by atoms with E-state index in [0.29, 0.717) is 10.9 Å². The quantitative estimate of drug-likeness (QED) is 0.901. The van der Waals surface area contributed by atoms with Crippen LogP contribution in [0.15, 0.2) is 18.2 Å². The van der Waals surface area contributed by atoms with Gasteiger partial charge in [0.1, 0.15) is 5.75 Å². The van der Waals surface area contributed by atoms with Crippen LogP contribution in [0.25, 0.3) is 0 Å². The summed E-state index contributed by atoms with van der Waals surface area (Å²) in [4.78, 5) is 0. The molecule has 3 rings (SSSR count). The van der Waals surface area contributed by atoms with E-state index >= 15 is 0 Å². The molecular formula is C15H19ClO2. The van der Waals surface area contributed by atoms with Crippen LogP contribution in [0.2, 0.25) is 5.02 Å². The Bertz CT molecular complexity index is 434. The topological polar surface area (TPSA) is 29.5 Å². The predicted molar refractivity (Wildman–Crippen MR) is 71.9 cm³/mol. The molecule has 0 aliphatic heterocycles. The van der Waals surface area contributed by atoms with E-state index in [-0.39, 0.29) is 0 Å². The van der Waals surface area contributed by atoms with Gasteiger partial charge in [-0.15, -0.1) is 0 Å². The molecule has 18 heavy (non-hydrogen) atoms. The molecule has 2 saturated carbocycles. The summed E-state index contributed by atoms with van der Waals surface area (Å²) >= 11 is 6.03. The van der Waals surface area contributed by atoms with Crippen LogP contribution in [0.4, 0.5) is 0 Å². The number of aliphatic hydroxyl groups is 1. The van der Waals surface area contributed by atoms with Crippen molar-refractivity contribution >= 4 is 11.6 Å². The van der Waals surface area contributed by atoms with Crippen molar-refractivity contribution in [3.63, 3.8) is 0 Å². The third-order valence-corrected chi connectivity index (χ3v) is 4.83. The zero-order chi connectivity index (χ0) is 12.7. The molecule has 2 nitrogen and oxygen atoms in total. The lowest BCUT2D eigenvalue weighted by molar-refractivity contribution is 0.138. The molecule has 2 aliphatic carbocycles. The number of benzene rings is 1. The van der Waals surface area contributed by atoms with Crippen LogP contribution < -0.4 is 4.74 Å². The standard InChI is InChI=1S/C15H19ClO2/c1-18-13-7-6-9(16)8-12(13)15(17)14-10-4-2-3-5-11(10)14/h6-8,10-11,14-15,17H,2-5H2,1H3. The van der Waals surface area contributed by atoms with Crippen LogP contribution in [-0.4, -0.2) is 12.2 Å². The molecule has 3 atom stereocenters. The first-order valence-corrected chi connectivity index (χ1v) is 7.11. The first-order chi connectivity index (χ1) is 8.72. The summed E-state index contributed by atoms with van der Waals surface area (Å²) < 4.78 is 5.33. The van der Waals surface area contributed by atoms with E-state index < -0.39 is 6.10 Å². The van der Waals surface area contributed by atoms with Crippen molar-refractivity contribution in [1.82, 2.24) is 0 Å². The van der Waals surface area contributed by atoms with Crippen LogP contribution in [0.5, 0.6) is 5.75 Å². The Kier molecular flexibility index (Phi) is 3.25. The molecule has 0 heterocycles. The Morgan fingerprint density at radius 2 is 1.94 bits per heavy atom. The first-order valence-electron chi connectivity index (χ1n) is 6.74. The summed E-state index contributed by atoms with van der Waals surface area (Å²) in [6.07, 6.45) is 4.75. The van der Waals surface area contributed by atoms with E-state index in [9.17, 15) is 5.11 Å². The van der Waals surface area contributed by atoms with Gasteiger partial charge in [0.25, 0.3) is 0 Å². The fraction of sp³-hybridized carbons (Fsp3) is 0.600. The molecule has 3 heteroatoms. The highest BCUT2D eigenvalue weighted by Gasteiger charge is 2.54. The van der Waals surface area contributed by atoms with Gasteiger partial charge in [0, 0.05) is 10.6 Å². The normalized spacial score (nSPS) is 31.6. The molecule has 0 spiro atoms. The Morgan fingerprint density at radius 3 is 2.56 bits per heavy atom. The number of halogens is 1. The third-order valence-electron chi connectivity index (χ3n) is 4.60. The highest BCUT2D eigenvalue weighted by Crippen LogP contribution is 2.61. The summed E-state index contributed by atoms with van der Waals surface area (Å²) in [7, 11) is 1.64. The van der Waals surface area contributed by atoms with Crippen molar-refractivity contribution in [2.45, 2.75) is 31.8 Å². The maximum absolute atomic E-state index is 10.6. The van der Waals surface area contributed by atoms with Crippen molar-refractivity contribution in [2.24, 2.45) is 17.8 Å². The number of aliphatic hydroxyl groups excluding tert-OH is 1. The summed E-state index contributed by atoms with van der Waals surface area (Å²) in [5.74, 6) is 2.60. The van der Waals surface area contributed by atoms with Crippen LogP contribution in [0.1, 0.15) is 37.4 Å². The van der Waals surface area contributed by atoms with E-state index in [2.05, 4.69) is 0 Å². The van der Waals surface area contributed by atoms with E-state index in [1.54, 1.807) is 13.2 Å². The molecule has 1 N–H and O–H groups in total. The Labute approximate surface area is 113 Å². The van der Waals surface area contributed by atoms with Crippen molar-refractivity contribution < 1.29 is 9.84 Å². The molecule has 0 radical (unpaired) electrons. The molecule has 98 valence electrons. The van der Waals surface area contributed by atoms with Gasteiger partial charge in [0.05, 0.1) is 13.2 Å². The lowest BCUT2D eigenvalue weighted by atomic mass is 10.0. The number of fused-ring (bicyclic) bond motifs is 1. The van der Waals surface area contributed by atoms with Gasteiger partial charge in [0.2, 0.25) is 0 Å². The molecule has 1 aromatic rings. The van der Waals surface area contributed by atoms with Gasteiger partial charge >= 0.3 is 0 Å². The van der Waals surface area contributed by atoms with Crippen molar-refractivity contribution in [1.29, 1.82) is 0 Å². The minimum absolute atomic E-state index is 0.417. The molecule has 0 bridgehead atoms. The van der Waals surface area contributed by atoms with Gasteiger partial charge in [-0.05, 0) is 48.8 Å². The van der Waals surface area contributed by atoms with E-state index in [0.717, 1.165) is 23.1 Å². The highest BCUT2D eigenvalue weighted by atomic mass is 35.5. The smallest absolute Gasteiger partial charge is 0.124 e. The molecule has 2 aliphatic rings. The lowest BCUT2D eigenvalue weighted by Crippen LogP contribution is -2.04. The van der Waals surface area contributed by atoms with Crippen LogP contribution >= 0.6 is 11.6 Å². The van der Waals surface area contributed by atoms with Gasteiger partial charge in [-0.2, -0.15) is 0 Å². The van der Waals surface area contributed by atoms with Crippen LogP contribution in [0.3, 0.4) is 0 Å². The summed E-state index contributed by atoms with van der Waals surface area (Å²) in [6, 6.07) is 5.48. The van der Waals surface area contributed by atoms with Gasteiger partial charge in [-0.1, -0.05) is 24.4 Å². The fourth-order valence-electron chi connectivity index (χ4n) is 3.66. The summed E-state index contributed by atoms with van der Waals surface area (Å²) in [6.45, 7) is 0. The molecular weight excluding hydrogens is 248 g/mol. The number of hydrogen-bond acceptors (Lipinski definition) is 2. The van der Waals surface area contributed by atoms with Crippen molar-refractivity contribution in [2.75, 3.05) is 7.11 Å². The van der Waals surface area contributed by atoms with Crippen molar-refractivity contribution in [3.05, 3.63) is 28.8 Å². The number of hydrogen-bond donors (Lipinski definition) is 1. The Morgan fingerprint density at radius 1 is 1.28 bits per heavy atom. The maximum atomic E-state index is 10.6. The Hall–Kier alpha value is -0.730. The predicted octanol–water partition coefficient (Wildman–Crippen LogP) is 3.82. The van der Waals surface area contributed by atoms with Gasteiger partial charge in [-0.3, -0.25) is 0 Å². The molecule has 3 unspecified atom stereocenters. The van der Waals surface area contributed by atoms with Gasteiger partial charge in [0.15, 0.2) is 0 Å². The van der Waals surface area contributed by atoms with Crippen LogP contribution in [-0.2, 0) is 0 Å². The second kappa shape index (κ2) is 4.75. The zero-order valence-corrected chi connectivity index (χ0v) is 11.4. The van der Waals surface area contributed by atoms with E-state index in [1.807, 2.05) is 12.1 Å². The third kappa shape index (κ3) is 2.02. The molecule has 0 aromatic heterocycles. The van der Waals surface area contributed by atoms with Crippen molar-refractivity contribution in [3.8, 4) is 5.75 Å². The first kappa shape index (κ1) is 12.3. The largest absolute Gasteiger partial charge is 0.496 e. The second-order valence-corrected chi connectivity index (χ2v) is 5.96. The minimum Gasteiger partial charge on any atom is -0.496 e. The fourth-order valence-corrected chi connectivity index (χ4v) is 3.84. The Balaban J connectivity index is 1.84. The monoisotopic (exact) mass is 266 g/mol. The maximum Gasteiger partial charge on any atom is 0.124 e. The van der Waals surface area contributed by atoms with Gasteiger partial charge in [-0.25, -0.2) is 0 Å². The SMILES string of the molecule is COc1ccc(Cl)cc1C(O)C1C2CCCCC21. The highest BCUT2D eigenvalue weighted by molar-refractivity contribution is 6.30. The molecule has 2 fully saturated rings. The van der Waals surface area contributed by atoms with E-state index in [4.69, 9.17) is 16.3 Å². The zero-order valence-electron chi connectivity index (χ0n) is 10.6. The number of methoxy groups -OCH3 is 1. The van der Waals surface area contributed by atoms with Gasteiger partial charge < -0.3 is 9.84 Å². The average Bonchev–Trinajstić information content (AvgIpc) is 3.12. The number of ether oxygens (including phenoxy) is 1. The summed E-state index contributed by atoms with van der Waals surface area (Å²) in [5.41, 5.74) is 0.851. The summed E-state index contributed by atoms with van der Waals surface area (Å²) in [5, 5.41) is 11.2. The molecule has 0 saturated heterocycles. The molecule has 0 amide bonds. The average molecular weight is 267 g/mol. The number of rotatable bonds is 3. The second-order valence-electron chi connectivity index (χ2n) is 5.52. The minimum atomic E-state index is -0.424. The lowest BCUT2D eigenvalue weighted by Gasteiger charge is -2.15.